The van der Waals surface area contributed by atoms with Gasteiger partial charge < -0.3 is 9.64 Å². The van der Waals surface area contributed by atoms with Gasteiger partial charge in [-0.15, -0.1) is 11.6 Å². The first-order valence-corrected chi connectivity index (χ1v) is 5.16. The third-order valence-corrected chi connectivity index (χ3v) is 2.04. The summed E-state index contributed by atoms with van der Waals surface area (Å²) < 4.78 is 29.5. The molecule has 7 heteroatoms. The van der Waals surface area contributed by atoms with Gasteiger partial charge in [0.1, 0.15) is 12.1 Å². The maximum atomic E-state index is 12.3. The molecule has 0 radical (unpaired) electrons. The number of ether oxygens (including phenoxy) is 1. The van der Waals surface area contributed by atoms with Crippen molar-refractivity contribution in [3.05, 3.63) is 12.4 Å². The summed E-state index contributed by atoms with van der Waals surface area (Å²) in [7, 11) is 1.45. The van der Waals surface area contributed by atoms with Gasteiger partial charge in [-0.05, 0) is 0 Å². The number of anilines is 1. The molecule has 1 heterocycles. The summed E-state index contributed by atoms with van der Waals surface area (Å²) in [5.41, 5.74) is 0. The van der Waals surface area contributed by atoms with Crippen LogP contribution < -0.4 is 9.64 Å². The van der Waals surface area contributed by atoms with Crippen LogP contribution in [0.2, 0.25) is 0 Å². The second-order valence-electron chi connectivity index (χ2n) is 2.94. The highest BCUT2D eigenvalue weighted by Gasteiger charge is 2.14. The zero-order chi connectivity index (χ0) is 12.0. The van der Waals surface area contributed by atoms with E-state index in [1.165, 1.54) is 24.4 Å². The molecule has 1 aromatic rings. The summed E-state index contributed by atoms with van der Waals surface area (Å²) in [5.74, 6) is 0.964. The van der Waals surface area contributed by atoms with Crippen molar-refractivity contribution < 1.29 is 13.5 Å². The van der Waals surface area contributed by atoms with Gasteiger partial charge in [-0.25, -0.2) is 18.7 Å². The molecule has 0 aromatic carbocycles. The summed E-state index contributed by atoms with van der Waals surface area (Å²) in [6.07, 6.45) is -1.18. The molecule has 0 bridgehead atoms. The first-order valence-electron chi connectivity index (χ1n) is 4.62. The fraction of sp³-hybridized carbons (Fsp3) is 0.556. The Balaban J connectivity index is 2.82. The van der Waals surface area contributed by atoms with Gasteiger partial charge in [0.05, 0.1) is 13.7 Å². The van der Waals surface area contributed by atoms with Crippen molar-refractivity contribution in [1.82, 2.24) is 9.97 Å². The number of hydrogen-bond donors (Lipinski definition) is 0. The molecule has 0 N–H and O–H groups in total. The number of halogens is 3. The molecule has 0 amide bonds. The van der Waals surface area contributed by atoms with E-state index in [9.17, 15) is 8.78 Å². The Labute approximate surface area is 97.2 Å². The van der Waals surface area contributed by atoms with Crippen molar-refractivity contribution in [3.63, 3.8) is 0 Å². The molecule has 0 aliphatic carbocycles. The van der Waals surface area contributed by atoms with Crippen molar-refractivity contribution in [3.8, 4) is 5.88 Å². The smallest absolute Gasteiger partial charge is 0.255 e. The minimum Gasteiger partial charge on any atom is -0.481 e. The van der Waals surface area contributed by atoms with Gasteiger partial charge in [-0.2, -0.15) is 0 Å². The Kier molecular flexibility index (Phi) is 5.18. The highest BCUT2D eigenvalue weighted by atomic mass is 35.5. The molecule has 0 aliphatic heterocycles. The van der Waals surface area contributed by atoms with Crippen molar-refractivity contribution in [2.45, 2.75) is 6.43 Å². The second kappa shape index (κ2) is 6.42. The van der Waals surface area contributed by atoms with Crippen LogP contribution in [0.5, 0.6) is 5.88 Å². The van der Waals surface area contributed by atoms with E-state index in [2.05, 4.69) is 9.97 Å². The molecule has 16 heavy (non-hydrogen) atoms. The third-order valence-electron chi connectivity index (χ3n) is 1.87. The van der Waals surface area contributed by atoms with Gasteiger partial charge in [0.2, 0.25) is 5.88 Å². The molecule has 1 rings (SSSR count). The molecular weight excluding hydrogens is 240 g/mol. The molecule has 0 saturated heterocycles. The lowest BCUT2D eigenvalue weighted by Gasteiger charge is -2.22. The van der Waals surface area contributed by atoms with Gasteiger partial charge >= 0.3 is 0 Å². The average Bonchev–Trinajstić information content (AvgIpc) is 2.28. The van der Waals surface area contributed by atoms with E-state index in [1.54, 1.807) is 0 Å². The van der Waals surface area contributed by atoms with Crippen LogP contribution in [0, 0.1) is 0 Å². The molecule has 4 nitrogen and oxygen atoms in total. The Morgan fingerprint density at radius 2 is 2.25 bits per heavy atom. The van der Waals surface area contributed by atoms with Crippen LogP contribution >= 0.6 is 11.6 Å². The van der Waals surface area contributed by atoms with E-state index in [1.807, 2.05) is 0 Å². The fourth-order valence-corrected chi connectivity index (χ4v) is 1.39. The van der Waals surface area contributed by atoms with Crippen LogP contribution in [0.15, 0.2) is 12.4 Å². The maximum Gasteiger partial charge on any atom is 0.255 e. The standard InChI is InChI=1S/C9H12ClF2N3O/c1-16-9-4-8(13-6-14-9)15(3-2-10)5-7(11)12/h4,6-7H,2-3,5H2,1H3. The Bertz CT molecular complexity index is 327. The van der Waals surface area contributed by atoms with E-state index in [-0.39, 0.29) is 5.88 Å². The van der Waals surface area contributed by atoms with Gasteiger partial charge in [-0.1, -0.05) is 0 Å². The predicted octanol–water partition coefficient (Wildman–Crippen LogP) is 1.80. The topological polar surface area (TPSA) is 38.2 Å². The average molecular weight is 252 g/mol. The molecule has 0 aliphatic rings. The maximum absolute atomic E-state index is 12.3. The van der Waals surface area contributed by atoms with Crippen molar-refractivity contribution in [2.24, 2.45) is 0 Å². The number of hydrogen-bond acceptors (Lipinski definition) is 4. The summed E-state index contributed by atoms with van der Waals surface area (Å²) in [4.78, 5) is 9.09. The van der Waals surface area contributed by atoms with Crippen molar-refractivity contribution in [2.75, 3.05) is 31.0 Å². The second-order valence-corrected chi connectivity index (χ2v) is 3.32. The lowest BCUT2D eigenvalue weighted by molar-refractivity contribution is 0.155. The lowest BCUT2D eigenvalue weighted by Crippen LogP contribution is -2.31. The number of aromatic nitrogens is 2. The van der Waals surface area contributed by atoms with Crippen LogP contribution in [0.3, 0.4) is 0 Å². The minimum atomic E-state index is -2.44. The SMILES string of the molecule is COc1cc(N(CCCl)CC(F)F)ncn1. The van der Waals surface area contributed by atoms with Gasteiger partial charge in [0, 0.05) is 18.5 Å². The number of rotatable bonds is 6. The quantitative estimate of drug-likeness (QED) is 0.723. The third kappa shape index (κ3) is 3.77. The normalized spacial score (nSPS) is 10.6. The predicted molar refractivity (Wildman–Crippen MR) is 57.5 cm³/mol. The van der Waals surface area contributed by atoms with Crippen LogP contribution in [-0.4, -0.2) is 42.5 Å². The first-order chi connectivity index (χ1) is 7.67. The van der Waals surface area contributed by atoms with E-state index in [0.29, 0.717) is 18.2 Å². The molecule has 0 spiro atoms. The highest BCUT2D eigenvalue weighted by Crippen LogP contribution is 2.16. The van der Waals surface area contributed by atoms with Crippen LogP contribution in [0.4, 0.5) is 14.6 Å². The number of nitrogens with zero attached hydrogens (tertiary/aromatic N) is 3. The Morgan fingerprint density at radius 3 is 2.81 bits per heavy atom. The zero-order valence-electron chi connectivity index (χ0n) is 8.74. The Morgan fingerprint density at radius 1 is 1.50 bits per heavy atom. The van der Waals surface area contributed by atoms with Crippen LogP contribution in [0.25, 0.3) is 0 Å². The largest absolute Gasteiger partial charge is 0.481 e. The van der Waals surface area contributed by atoms with Crippen molar-refractivity contribution in [1.29, 1.82) is 0 Å². The summed E-state index contributed by atoms with van der Waals surface area (Å²) in [6.45, 7) is -0.112. The van der Waals surface area contributed by atoms with Crippen molar-refractivity contribution >= 4 is 17.4 Å². The molecule has 0 atom stereocenters. The van der Waals surface area contributed by atoms with Gasteiger partial charge in [0.25, 0.3) is 6.43 Å². The highest BCUT2D eigenvalue weighted by molar-refractivity contribution is 6.18. The zero-order valence-corrected chi connectivity index (χ0v) is 9.49. The first kappa shape index (κ1) is 12.9. The molecular formula is C9H12ClF2N3O. The lowest BCUT2D eigenvalue weighted by atomic mass is 10.4. The van der Waals surface area contributed by atoms with E-state index < -0.39 is 13.0 Å². The molecule has 90 valence electrons. The molecule has 0 unspecified atom stereocenters. The minimum absolute atomic E-state index is 0.249. The number of methoxy groups -OCH3 is 1. The Hall–Kier alpha value is -1.17. The molecule has 1 aromatic heterocycles. The van der Waals surface area contributed by atoms with Crippen LogP contribution in [0.1, 0.15) is 0 Å². The van der Waals surface area contributed by atoms with Crippen LogP contribution in [-0.2, 0) is 0 Å². The fourth-order valence-electron chi connectivity index (χ4n) is 1.18. The molecule has 0 saturated carbocycles. The monoisotopic (exact) mass is 251 g/mol. The van der Waals surface area contributed by atoms with Gasteiger partial charge in [0.15, 0.2) is 0 Å². The summed E-state index contributed by atoms with van der Waals surface area (Å²) in [6, 6.07) is 1.49. The summed E-state index contributed by atoms with van der Waals surface area (Å²) in [5, 5.41) is 0. The summed E-state index contributed by atoms with van der Waals surface area (Å²) >= 11 is 5.54. The van der Waals surface area contributed by atoms with E-state index in [0.717, 1.165) is 0 Å². The number of alkyl halides is 3. The van der Waals surface area contributed by atoms with E-state index in [4.69, 9.17) is 16.3 Å². The molecule has 0 fully saturated rings. The van der Waals surface area contributed by atoms with Gasteiger partial charge in [-0.3, -0.25) is 0 Å². The van der Waals surface area contributed by atoms with E-state index >= 15 is 0 Å².